The monoisotopic (exact) mass is 361 g/mol. The van der Waals surface area contributed by atoms with E-state index in [9.17, 15) is 13.2 Å². The molecule has 0 amide bonds. The Kier molecular flexibility index (Phi) is 4.65. The summed E-state index contributed by atoms with van der Waals surface area (Å²) >= 11 is 4.95. The van der Waals surface area contributed by atoms with E-state index in [2.05, 4.69) is 15.9 Å². The molecule has 0 saturated heterocycles. The van der Waals surface area contributed by atoms with Crippen LogP contribution in [0.3, 0.4) is 0 Å². The molecule has 0 aliphatic carbocycles. The zero-order valence-electron chi connectivity index (χ0n) is 10.2. The molecule has 2 N–H and O–H groups in total. The minimum absolute atomic E-state index is 0.598. The summed E-state index contributed by atoms with van der Waals surface area (Å²) in [4.78, 5) is 0.999. The van der Waals surface area contributed by atoms with E-state index in [0.29, 0.717) is 11.4 Å². The molecule has 0 spiro atoms. The van der Waals surface area contributed by atoms with Gasteiger partial charge >= 0.3 is 6.18 Å². The number of halogens is 4. The second-order valence-electron chi connectivity index (χ2n) is 4.17. The Morgan fingerprint density at radius 2 is 1.70 bits per heavy atom. The van der Waals surface area contributed by atoms with E-state index in [1.54, 1.807) is 12.1 Å². The Labute approximate surface area is 127 Å². The zero-order valence-corrected chi connectivity index (χ0v) is 12.6. The van der Waals surface area contributed by atoms with Crippen LogP contribution in [0.1, 0.15) is 11.1 Å². The molecule has 0 unspecified atom stereocenters. The van der Waals surface area contributed by atoms with E-state index in [1.807, 2.05) is 6.07 Å². The maximum absolute atomic E-state index is 12.4. The van der Waals surface area contributed by atoms with Gasteiger partial charge in [0.2, 0.25) is 0 Å². The van der Waals surface area contributed by atoms with Crippen molar-refractivity contribution in [1.82, 2.24) is 0 Å². The summed E-state index contributed by atoms with van der Waals surface area (Å²) in [6, 6.07) is 10.7. The molecule has 20 heavy (non-hydrogen) atoms. The Balaban J connectivity index is 2.04. The molecule has 0 aliphatic heterocycles. The number of hydrogen-bond donors (Lipinski definition) is 1. The molecule has 1 nitrogen and oxygen atoms in total. The summed E-state index contributed by atoms with van der Waals surface area (Å²) in [7, 11) is 0. The fourth-order valence-corrected chi connectivity index (χ4v) is 3.20. The molecule has 2 aromatic rings. The van der Waals surface area contributed by atoms with Gasteiger partial charge in [-0.2, -0.15) is 13.2 Å². The Morgan fingerprint density at radius 3 is 2.25 bits per heavy atom. The molecule has 0 bridgehead atoms. The molecule has 0 heterocycles. The second-order valence-corrected chi connectivity index (χ2v) is 6.04. The zero-order chi connectivity index (χ0) is 14.8. The number of nitrogens with two attached hydrogens (primary N) is 1. The Bertz CT molecular complexity index is 596. The first-order chi connectivity index (χ1) is 9.36. The van der Waals surface area contributed by atoms with Crippen LogP contribution in [0.15, 0.2) is 51.8 Å². The summed E-state index contributed by atoms with van der Waals surface area (Å²) in [6.45, 7) is 0. The van der Waals surface area contributed by atoms with Crippen LogP contribution in [0.4, 0.5) is 18.9 Å². The third kappa shape index (κ3) is 3.93. The van der Waals surface area contributed by atoms with Crippen molar-refractivity contribution >= 4 is 33.4 Å². The number of hydrogen-bond acceptors (Lipinski definition) is 2. The summed E-state index contributed by atoms with van der Waals surface area (Å²) in [5.41, 5.74) is 6.52. The molecule has 0 atom stereocenters. The van der Waals surface area contributed by atoms with Crippen LogP contribution in [0, 0.1) is 0 Å². The summed E-state index contributed by atoms with van der Waals surface area (Å²) < 4.78 is 38.2. The quantitative estimate of drug-likeness (QED) is 0.589. The van der Waals surface area contributed by atoms with Gasteiger partial charge in [0.05, 0.1) is 5.56 Å². The molecule has 2 aromatic carbocycles. The minimum Gasteiger partial charge on any atom is -0.399 e. The van der Waals surface area contributed by atoms with Gasteiger partial charge in [-0.3, -0.25) is 0 Å². The molecular formula is C14H11BrF3NS. The topological polar surface area (TPSA) is 26.0 Å². The Hall–Kier alpha value is -1.14. The average molecular weight is 362 g/mol. The van der Waals surface area contributed by atoms with E-state index in [0.717, 1.165) is 27.1 Å². The number of thioether (sulfide) groups is 1. The first kappa shape index (κ1) is 15.3. The first-order valence-electron chi connectivity index (χ1n) is 5.70. The highest BCUT2D eigenvalue weighted by Crippen LogP contribution is 2.33. The van der Waals surface area contributed by atoms with Crippen molar-refractivity contribution in [2.75, 3.05) is 5.73 Å². The molecule has 0 radical (unpaired) electrons. The number of nitrogen functional groups attached to an aromatic ring is 1. The Morgan fingerprint density at radius 1 is 1.05 bits per heavy atom. The van der Waals surface area contributed by atoms with E-state index >= 15 is 0 Å². The third-order valence-corrected chi connectivity index (χ3v) is 4.69. The minimum atomic E-state index is -4.29. The summed E-state index contributed by atoms with van der Waals surface area (Å²) in [5.74, 6) is 0.598. The highest BCUT2D eigenvalue weighted by atomic mass is 79.9. The van der Waals surface area contributed by atoms with Crippen molar-refractivity contribution in [2.45, 2.75) is 16.8 Å². The standard InChI is InChI=1S/C14H11BrF3NS/c15-12-7-11(19)5-6-13(12)20-8-9-1-3-10(4-2-9)14(16,17)18/h1-7H,8,19H2. The molecule has 0 saturated carbocycles. The van der Waals surface area contributed by atoms with Crippen molar-refractivity contribution in [3.63, 3.8) is 0 Å². The summed E-state index contributed by atoms with van der Waals surface area (Å²) in [5, 5.41) is 0. The van der Waals surface area contributed by atoms with Gasteiger partial charge in [0, 0.05) is 20.8 Å². The number of anilines is 1. The van der Waals surface area contributed by atoms with Crippen LogP contribution in [-0.4, -0.2) is 0 Å². The smallest absolute Gasteiger partial charge is 0.399 e. The van der Waals surface area contributed by atoms with Crippen LogP contribution in [0.5, 0.6) is 0 Å². The van der Waals surface area contributed by atoms with Crippen LogP contribution in [-0.2, 0) is 11.9 Å². The lowest BCUT2D eigenvalue weighted by Crippen LogP contribution is -2.04. The molecule has 106 valence electrons. The number of benzene rings is 2. The predicted octanol–water partition coefficient (Wildman–Crippen LogP) is 5.34. The van der Waals surface area contributed by atoms with Crippen molar-refractivity contribution in [1.29, 1.82) is 0 Å². The predicted molar refractivity (Wildman–Crippen MR) is 79.6 cm³/mol. The molecule has 0 aromatic heterocycles. The number of alkyl halides is 3. The maximum atomic E-state index is 12.4. The lowest BCUT2D eigenvalue weighted by molar-refractivity contribution is -0.137. The van der Waals surface area contributed by atoms with Gasteiger partial charge in [-0.05, 0) is 51.8 Å². The van der Waals surface area contributed by atoms with E-state index in [4.69, 9.17) is 5.73 Å². The lowest BCUT2D eigenvalue weighted by Gasteiger charge is -2.08. The highest BCUT2D eigenvalue weighted by molar-refractivity contribution is 9.10. The average Bonchev–Trinajstić information content (AvgIpc) is 2.37. The van der Waals surface area contributed by atoms with Crippen LogP contribution < -0.4 is 5.73 Å². The molecule has 6 heteroatoms. The van der Waals surface area contributed by atoms with Crippen molar-refractivity contribution < 1.29 is 13.2 Å². The van der Waals surface area contributed by atoms with Gasteiger partial charge in [0.25, 0.3) is 0 Å². The van der Waals surface area contributed by atoms with Gasteiger partial charge in [0.1, 0.15) is 0 Å². The largest absolute Gasteiger partial charge is 0.416 e. The van der Waals surface area contributed by atoms with E-state index < -0.39 is 11.7 Å². The highest BCUT2D eigenvalue weighted by Gasteiger charge is 2.29. The van der Waals surface area contributed by atoms with Crippen LogP contribution >= 0.6 is 27.7 Å². The van der Waals surface area contributed by atoms with Gasteiger partial charge in [-0.1, -0.05) is 12.1 Å². The second kappa shape index (κ2) is 6.10. The van der Waals surface area contributed by atoms with E-state index in [-0.39, 0.29) is 0 Å². The van der Waals surface area contributed by atoms with E-state index in [1.165, 1.54) is 23.9 Å². The first-order valence-corrected chi connectivity index (χ1v) is 7.48. The molecule has 0 fully saturated rings. The van der Waals surface area contributed by atoms with Crippen molar-refractivity contribution in [3.05, 3.63) is 58.1 Å². The molecular weight excluding hydrogens is 351 g/mol. The summed E-state index contributed by atoms with van der Waals surface area (Å²) in [6.07, 6.45) is -4.29. The van der Waals surface area contributed by atoms with Gasteiger partial charge in [-0.15, -0.1) is 11.8 Å². The maximum Gasteiger partial charge on any atom is 0.416 e. The van der Waals surface area contributed by atoms with Gasteiger partial charge in [-0.25, -0.2) is 0 Å². The van der Waals surface area contributed by atoms with Crippen molar-refractivity contribution in [2.24, 2.45) is 0 Å². The van der Waals surface area contributed by atoms with Crippen molar-refractivity contribution in [3.8, 4) is 0 Å². The fourth-order valence-electron chi connectivity index (χ4n) is 1.59. The van der Waals surface area contributed by atoms with Crippen LogP contribution in [0.25, 0.3) is 0 Å². The normalized spacial score (nSPS) is 11.6. The van der Waals surface area contributed by atoms with Gasteiger partial charge in [0.15, 0.2) is 0 Å². The number of rotatable bonds is 3. The van der Waals surface area contributed by atoms with Crippen LogP contribution in [0.2, 0.25) is 0 Å². The lowest BCUT2D eigenvalue weighted by atomic mass is 10.1. The molecule has 0 aliphatic rings. The molecule has 2 rings (SSSR count). The SMILES string of the molecule is Nc1ccc(SCc2ccc(C(F)(F)F)cc2)c(Br)c1. The third-order valence-electron chi connectivity index (χ3n) is 2.63. The van der Waals surface area contributed by atoms with Gasteiger partial charge < -0.3 is 5.73 Å². The fraction of sp³-hybridized carbons (Fsp3) is 0.143.